The molecule has 0 aliphatic carbocycles. The Bertz CT molecular complexity index is 626. The van der Waals surface area contributed by atoms with Gasteiger partial charge in [-0.2, -0.15) is 10.3 Å². The summed E-state index contributed by atoms with van der Waals surface area (Å²) in [7, 11) is 0. The van der Waals surface area contributed by atoms with Crippen LogP contribution in [0, 0.1) is 11.3 Å². The van der Waals surface area contributed by atoms with Crippen molar-refractivity contribution in [2.45, 2.75) is 6.92 Å². The third-order valence-corrected chi connectivity index (χ3v) is 2.72. The van der Waals surface area contributed by atoms with Gasteiger partial charge in [-0.05, 0) is 25.2 Å². The van der Waals surface area contributed by atoms with Gasteiger partial charge in [0, 0.05) is 6.21 Å². The first-order valence-electron chi connectivity index (χ1n) is 5.64. The Balaban J connectivity index is 2.20. The number of hydrogen-bond acceptors (Lipinski definition) is 5. The van der Waals surface area contributed by atoms with Crippen LogP contribution in [-0.4, -0.2) is 23.7 Å². The predicted octanol–water partition coefficient (Wildman–Crippen LogP) is 1.85. The van der Waals surface area contributed by atoms with E-state index in [-0.39, 0.29) is 0 Å². The van der Waals surface area contributed by atoms with Gasteiger partial charge in [0.2, 0.25) is 11.8 Å². The second-order valence-electron chi connectivity index (χ2n) is 3.75. The molecule has 3 rings (SSSR count). The minimum Gasteiger partial charge on any atom is -0.477 e. The molecule has 3 aliphatic heterocycles. The zero-order valence-corrected chi connectivity index (χ0v) is 9.79. The zero-order valence-electron chi connectivity index (χ0n) is 9.79. The number of aliphatic imine (C=N–C) groups is 2. The largest absolute Gasteiger partial charge is 0.477 e. The van der Waals surface area contributed by atoms with Gasteiger partial charge in [-0.1, -0.05) is 6.08 Å². The van der Waals surface area contributed by atoms with E-state index in [1.807, 2.05) is 36.1 Å². The van der Waals surface area contributed by atoms with Crippen molar-refractivity contribution < 1.29 is 4.74 Å². The Morgan fingerprint density at radius 1 is 1.44 bits per heavy atom. The van der Waals surface area contributed by atoms with Gasteiger partial charge in [0.15, 0.2) is 0 Å². The van der Waals surface area contributed by atoms with Crippen molar-refractivity contribution >= 4 is 12.2 Å². The van der Waals surface area contributed by atoms with E-state index in [2.05, 4.69) is 16.1 Å². The molecule has 0 aromatic heterocycles. The van der Waals surface area contributed by atoms with Crippen LogP contribution in [0.25, 0.3) is 0 Å². The molecule has 0 fully saturated rings. The van der Waals surface area contributed by atoms with Crippen molar-refractivity contribution in [1.29, 1.82) is 5.26 Å². The number of rotatable bonds is 2. The lowest BCUT2D eigenvalue weighted by atomic mass is 10.1. The smallest absolute Gasteiger partial charge is 0.237 e. The van der Waals surface area contributed by atoms with Gasteiger partial charge in [0.05, 0.1) is 18.0 Å². The molecule has 3 heterocycles. The van der Waals surface area contributed by atoms with Crippen LogP contribution in [0.5, 0.6) is 0 Å². The SMILES string of the molecule is CCOC1=C(C#N)C2=CC=CC3=CC=NC(=N1)N32. The maximum Gasteiger partial charge on any atom is 0.237 e. The minimum atomic E-state index is 0.339. The highest BCUT2D eigenvalue weighted by molar-refractivity contribution is 5.99. The Labute approximate surface area is 104 Å². The first kappa shape index (κ1) is 10.5. The summed E-state index contributed by atoms with van der Waals surface area (Å²) in [5, 5.41) is 9.28. The first-order chi connectivity index (χ1) is 8.85. The molecule has 0 aromatic rings. The molecule has 0 unspecified atom stereocenters. The van der Waals surface area contributed by atoms with E-state index in [9.17, 15) is 5.26 Å². The fourth-order valence-corrected chi connectivity index (χ4v) is 1.99. The van der Waals surface area contributed by atoms with E-state index < -0.39 is 0 Å². The number of ether oxygens (including phenoxy) is 1. The number of hydrogen-bond donors (Lipinski definition) is 0. The van der Waals surface area contributed by atoms with Crippen LogP contribution in [0.2, 0.25) is 0 Å². The van der Waals surface area contributed by atoms with Crippen LogP contribution in [-0.2, 0) is 4.74 Å². The topological polar surface area (TPSA) is 61.0 Å². The molecule has 5 nitrogen and oxygen atoms in total. The summed E-state index contributed by atoms with van der Waals surface area (Å²) in [6.07, 6.45) is 9.29. The zero-order chi connectivity index (χ0) is 12.5. The summed E-state index contributed by atoms with van der Waals surface area (Å²) in [6, 6.07) is 2.15. The summed E-state index contributed by atoms with van der Waals surface area (Å²) in [4.78, 5) is 10.4. The maximum absolute atomic E-state index is 9.28. The number of nitriles is 1. The second-order valence-corrected chi connectivity index (χ2v) is 3.75. The average molecular weight is 238 g/mol. The molecule has 0 radical (unpaired) electrons. The molecule has 3 aliphatic rings. The summed E-state index contributed by atoms with van der Waals surface area (Å²) in [6.45, 7) is 2.33. The van der Waals surface area contributed by atoms with Gasteiger partial charge >= 0.3 is 0 Å². The molecular weight excluding hydrogens is 228 g/mol. The van der Waals surface area contributed by atoms with Gasteiger partial charge in [-0.3, -0.25) is 4.90 Å². The van der Waals surface area contributed by atoms with Crippen molar-refractivity contribution in [3.8, 4) is 6.07 Å². The van der Waals surface area contributed by atoms with Gasteiger partial charge in [-0.25, -0.2) is 4.99 Å². The highest BCUT2D eigenvalue weighted by Gasteiger charge is 2.31. The highest BCUT2D eigenvalue weighted by atomic mass is 16.5. The molecule has 0 amide bonds. The van der Waals surface area contributed by atoms with Gasteiger partial charge in [0.1, 0.15) is 11.6 Å². The van der Waals surface area contributed by atoms with Crippen LogP contribution in [0.4, 0.5) is 0 Å². The molecule has 0 spiro atoms. The van der Waals surface area contributed by atoms with Gasteiger partial charge < -0.3 is 4.74 Å². The second kappa shape index (κ2) is 4.00. The lowest BCUT2D eigenvalue weighted by molar-refractivity contribution is 0.222. The van der Waals surface area contributed by atoms with Crippen molar-refractivity contribution in [3.63, 3.8) is 0 Å². The quantitative estimate of drug-likeness (QED) is 0.737. The number of nitrogens with zero attached hydrogens (tertiary/aromatic N) is 4. The van der Waals surface area contributed by atoms with E-state index in [1.54, 1.807) is 6.21 Å². The van der Waals surface area contributed by atoms with Crippen LogP contribution >= 0.6 is 0 Å². The first-order valence-corrected chi connectivity index (χ1v) is 5.64. The lowest BCUT2D eigenvalue weighted by Crippen LogP contribution is -2.35. The van der Waals surface area contributed by atoms with Gasteiger partial charge in [0.25, 0.3) is 0 Å². The summed E-state index contributed by atoms with van der Waals surface area (Å²) in [5.74, 6) is 0.872. The summed E-state index contributed by atoms with van der Waals surface area (Å²) < 4.78 is 5.41. The molecule has 88 valence electrons. The summed E-state index contributed by atoms with van der Waals surface area (Å²) >= 11 is 0. The van der Waals surface area contributed by atoms with Crippen LogP contribution in [0.15, 0.2) is 57.1 Å². The van der Waals surface area contributed by atoms with Crippen molar-refractivity contribution in [3.05, 3.63) is 47.2 Å². The standard InChI is InChI=1S/C13H10N4O/c1-2-18-12-10(8-14)11-5-3-4-9-6-7-15-13(16-12)17(9)11/h3-7H,2H2,1H3. The Kier molecular flexibility index (Phi) is 2.34. The predicted molar refractivity (Wildman–Crippen MR) is 67.3 cm³/mol. The molecule has 5 heteroatoms. The molecular formula is C13H10N4O. The molecule has 0 saturated carbocycles. The normalized spacial score (nSPS) is 19.8. The average Bonchev–Trinajstić information content (AvgIpc) is 2.40. The number of guanidine groups is 1. The molecule has 0 bridgehead atoms. The Hall–Kier alpha value is -2.61. The lowest BCUT2D eigenvalue weighted by Gasteiger charge is -2.33. The van der Waals surface area contributed by atoms with Crippen molar-refractivity contribution in [1.82, 2.24) is 4.90 Å². The van der Waals surface area contributed by atoms with E-state index >= 15 is 0 Å². The third-order valence-electron chi connectivity index (χ3n) is 2.72. The fourth-order valence-electron chi connectivity index (χ4n) is 1.99. The van der Waals surface area contributed by atoms with Crippen LogP contribution in [0.3, 0.4) is 0 Å². The monoisotopic (exact) mass is 238 g/mol. The molecule has 0 N–H and O–H groups in total. The maximum atomic E-state index is 9.28. The van der Waals surface area contributed by atoms with E-state index in [1.165, 1.54) is 0 Å². The fraction of sp³-hybridized carbons (Fsp3) is 0.154. The van der Waals surface area contributed by atoms with Gasteiger partial charge in [-0.15, -0.1) is 0 Å². The van der Waals surface area contributed by atoms with E-state index in [0.29, 0.717) is 24.0 Å². The molecule has 0 saturated heterocycles. The third kappa shape index (κ3) is 1.39. The summed E-state index contributed by atoms with van der Waals surface area (Å²) in [5.41, 5.74) is 2.15. The van der Waals surface area contributed by atoms with Crippen molar-refractivity contribution in [2.75, 3.05) is 6.61 Å². The Morgan fingerprint density at radius 3 is 3.11 bits per heavy atom. The van der Waals surface area contributed by atoms with E-state index in [4.69, 9.17) is 4.74 Å². The van der Waals surface area contributed by atoms with Crippen LogP contribution in [0.1, 0.15) is 6.92 Å². The Morgan fingerprint density at radius 2 is 2.33 bits per heavy atom. The minimum absolute atomic E-state index is 0.339. The molecule has 18 heavy (non-hydrogen) atoms. The van der Waals surface area contributed by atoms with E-state index in [0.717, 1.165) is 11.4 Å². The highest BCUT2D eigenvalue weighted by Crippen LogP contribution is 2.33. The van der Waals surface area contributed by atoms with Crippen molar-refractivity contribution in [2.24, 2.45) is 9.98 Å². The molecule has 0 atom stereocenters. The molecule has 0 aromatic carbocycles. The van der Waals surface area contributed by atoms with Crippen LogP contribution < -0.4 is 0 Å². The number of allylic oxidation sites excluding steroid dienone is 5.